The summed E-state index contributed by atoms with van der Waals surface area (Å²) in [5.41, 5.74) is 1.53. The van der Waals surface area contributed by atoms with Gasteiger partial charge in [-0.3, -0.25) is 14.5 Å². The lowest BCUT2D eigenvalue weighted by molar-refractivity contribution is -0.142. The van der Waals surface area contributed by atoms with E-state index in [1.54, 1.807) is 7.05 Å². The van der Waals surface area contributed by atoms with Crippen molar-refractivity contribution in [3.63, 3.8) is 0 Å². The van der Waals surface area contributed by atoms with Crippen LogP contribution < -0.4 is 10.9 Å². The van der Waals surface area contributed by atoms with Gasteiger partial charge in [-0.25, -0.2) is 9.78 Å². The van der Waals surface area contributed by atoms with Gasteiger partial charge in [0.25, 0.3) is 5.56 Å². The first kappa shape index (κ1) is 29.8. The zero-order chi connectivity index (χ0) is 29.9. The first-order chi connectivity index (χ1) is 20.9. The second-order valence-electron chi connectivity index (χ2n) is 13.2. The Morgan fingerprint density at radius 1 is 0.930 bits per heavy atom. The predicted molar refractivity (Wildman–Crippen MR) is 164 cm³/mol. The third-order valence-electron chi connectivity index (χ3n) is 10.4. The van der Waals surface area contributed by atoms with Gasteiger partial charge < -0.3 is 19.8 Å². The van der Waals surface area contributed by atoms with Gasteiger partial charge in [0, 0.05) is 44.1 Å². The highest BCUT2D eigenvalue weighted by Gasteiger charge is 2.45. The smallest absolute Gasteiger partial charge is 0.344 e. The molecule has 10 nitrogen and oxygen atoms in total. The average molecular weight is 592 g/mol. The number of benzene rings is 1. The molecule has 4 bridgehead atoms. The second-order valence-corrected chi connectivity index (χ2v) is 13.2. The number of aromatic nitrogens is 2. The van der Waals surface area contributed by atoms with Gasteiger partial charge >= 0.3 is 5.97 Å². The van der Waals surface area contributed by atoms with Crippen molar-refractivity contribution in [2.24, 2.45) is 17.0 Å². The molecule has 1 aromatic carbocycles. The van der Waals surface area contributed by atoms with Crippen LogP contribution in [0.25, 0.3) is 11.0 Å². The molecule has 2 aliphatic heterocycles. The maximum atomic E-state index is 14.3. The number of piperidine rings is 2. The zero-order valence-corrected chi connectivity index (χ0v) is 25.2. The molecule has 4 fully saturated rings. The van der Waals surface area contributed by atoms with Crippen LogP contribution >= 0.6 is 0 Å². The van der Waals surface area contributed by atoms with E-state index in [4.69, 9.17) is 14.9 Å². The van der Waals surface area contributed by atoms with Gasteiger partial charge in [0.15, 0.2) is 5.69 Å². The number of rotatable bonds is 9. The summed E-state index contributed by atoms with van der Waals surface area (Å²) in [4.78, 5) is 50.2. The molecule has 2 aliphatic carbocycles. The summed E-state index contributed by atoms with van der Waals surface area (Å²) in [6.45, 7) is -0.643. The quantitative estimate of drug-likeness (QED) is 0.321. The summed E-state index contributed by atoms with van der Waals surface area (Å²) in [5, 5.41) is 15.7. The topological polar surface area (TPSA) is 126 Å². The number of nitrogens with one attached hydrogen (secondary N) is 1. The van der Waals surface area contributed by atoms with E-state index in [-0.39, 0.29) is 41.8 Å². The third-order valence-corrected chi connectivity index (χ3v) is 10.4. The predicted octanol–water partition coefficient (Wildman–Crippen LogP) is 4.64. The highest BCUT2D eigenvalue weighted by Crippen LogP contribution is 2.47. The molecule has 0 spiro atoms. The molecule has 2 aromatic rings. The van der Waals surface area contributed by atoms with E-state index in [9.17, 15) is 14.4 Å². The number of carbonyl (C=O) groups excluding carboxylic acids is 1. The fourth-order valence-electron chi connectivity index (χ4n) is 8.74. The van der Waals surface area contributed by atoms with E-state index in [1.165, 1.54) is 64.2 Å². The van der Waals surface area contributed by atoms with Crippen molar-refractivity contribution < 1.29 is 19.5 Å². The molecule has 6 atom stereocenters. The number of hydrogen-bond acceptors (Lipinski definition) is 7. The normalized spacial score (nSPS) is 29.6. The van der Waals surface area contributed by atoms with Crippen LogP contribution in [0.2, 0.25) is 0 Å². The van der Waals surface area contributed by atoms with Gasteiger partial charge in [0.2, 0.25) is 12.5 Å². The summed E-state index contributed by atoms with van der Waals surface area (Å²) in [5.74, 6) is 0.355. The number of oxime groups is 1. The standard InChI is InChI=1S/C33H45N5O5/c1-34-30(39)14-13-28(36-43-20-31(40)41)32-33(42)38(29-12-5-4-11-27(29)35-32)26-18-23-9-6-10-24(19-26)37(23)25-16-21-7-2-3-8-22(15-21)17-25/h4-5,11-12,21-26H,2-3,6-10,13-20H2,1H3,(H,34,39)(H,40,41)/t21-,22+,23-,24+,25?,26?. The minimum atomic E-state index is -1.17. The molecule has 3 heterocycles. The molecule has 10 heteroatoms. The van der Waals surface area contributed by atoms with Gasteiger partial charge in [0.1, 0.15) is 5.71 Å². The molecule has 43 heavy (non-hydrogen) atoms. The minimum Gasteiger partial charge on any atom is -0.479 e. The van der Waals surface area contributed by atoms with Gasteiger partial charge in [-0.15, -0.1) is 0 Å². The van der Waals surface area contributed by atoms with Crippen LogP contribution in [-0.2, 0) is 14.4 Å². The van der Waals surface area contributed by atoms with Crippen molar-refractivity contribution >= 4 is 28.6 Å². The number of aliphatic carboxylic acids is 1. The van der Waals surface area contributed by atoms with Gasteiger partial charge in [-0.05, 0) is 68.9 Å². The molecule has 2 saturated carbocycles. The van der Waals surface area contributed by atoms with E-state index in [0.29, 0.717) is 23.6 Å². The molecule has 2 N–H and O–H groups in total. The number of fused-ring (bicyclic) bond motifs is 5. The number of carboxylic acid groups (broad SMARTS) is 1. The number of carbonyl (C=O) groups is 2. The lowest BCUT2D eigenvalue weighted by Crippen LogP contribution is -2.58. The van der Waals surface area contributed by atoms with E-state index in [1.807, 2.05) is 28.8 Å². The number of para-hydroxylation sites is 2. The largest absolute Gasteiger partial charge is 0.479 e. The van der Waals surface area contributed by atoms with Crippen LogP contribution in [0.15, 0.2) is 34.2 Å². The van der Waals surface area contributed by atoms with E-state index in [2.05, 4.69) is 15.4 Å². The summed E-state index contributed by atoms with van der Waals surface area (Å²) >= 11 is 0. The third kappa shape index (κ3) is 6.49. The molecule has 1 amide bonds. The molecule has 2 saturated heterocycles. The summed E-state index contributed by atoms with van der Waals surface area (Å²) in [6, 6.07) is 9.31. The highest BCUT2D eigenvalue weighted by molar-refractivity contribution is 6.01. The maximum absolute atomic E-state index is 14.3. The molecule has 232 valence electrons. The first-order valence-electron chi connectivity index (χ1n) is 16.3. The minimum absolute atomic E-state index is 0.0247. The molecule has 2 unspecified atom stereocenters. The summed E-state index contributed by atoms with van der Waals surface area (Å²) in [6.07, 6.45) is 15.3. The van der Waals surface area contributed by atoms with E-state index in [0.717, 1.165) is 30.2 Å². The van der Waals surface area contributed by atoms with E-state index >= 15 is 0 Å². The lowest BCUT2D eigenvalue weighted by atomic mass is 9.73. The Morgan fingerprint density at radius 3 is 2.30 bits per heavy atom. The van der Waals surface area contributed by atoms with E-state index < -0.39 is 12.6 Å². The number of nitrogens with zero attached hydrogens (tertiary/aromatic N) is 4. The fraction of sp³-hybridized carbons (Fsp3) is 0.667. The SMILES string of the molecule is CNC(=O)CCC(=NOCC(=O)O)c1nc2ccccc2n(C2C[C@H]3CCC[C@@H](C2)N3C2C[C@H]3CCCC[C@@H](C2)C3)c1=O. The van der Waals surface area contributed by atoms with Crippen LogP contribution in [-0.4, -0.2) is 68.9 Å². The van der Waals surface area contributed by atoms with Crippen molar-refractivity contribution in [1.29, 1.82) is 0 Å². The Morgan fingerprint density at radius 2 is 1.63 bits per heavy atom. The van der Waals surface area contributed by atoms with Gasteiger partial charge in [-0.2, -0.15) is 0 Å². The highest BCUT2D eigenvalue weighted by atomic mass is 16.6. The van der Waals surface area contributed by atoms with Crippen LogP contribution in [0.3, 0.4) is 0 Å². The summed E-state index contributed by atoms with van der Waals surface area (Å²) in [7, 11) is 1.55. The van der Waals surface area contributed by atoms with Crippen molar-refractivity contribution in [3.8, 4) is 0 Å². The second kappa shape index (κ2) is 13.2. The van der Waals surface area contributed by atoms with Crippen LogP contribution in [0.5, 0.6) is 0 Å². The lowest BCUT2D eigenvalue weighted by Gasteiger charge is -2.54. The number of hydrogen-bond donors (Lipinski definition) is 2. The molecule has 6 rings (SSSR count). The molecule has 4 aliphatic rings. The molecular weight excluding hydrogens is 546 g/mol. The zero-order valence-electron chi connectivity index (χ0n) is 25.2. The number of amides is 1. The number of carboxylic acids is 1. The average Bonchev–Trinajstić information content (AvgIpc) is 3.16. The van der Waals surface area contributed by atoms with Crippen LogP contribution in [0.4, 0.5) is 0 Å². The van der Waals surface area contributed by atoms with Gasteiger partial charge in [-0.1, -0.05) is 49.4 Å². The maximum Gasteiger partial charge on any atom is 0.344 e. The van der Waals surface area contributed by atoms with Crippen LogP contribution in [0.1, 0.15) is 102 Å². The fourth-order valence-corrected chi connectivity index (χ4v) is 8.74. The van der Waals surface area contributed by atoms with Crippen molar-refractivity contribution in [1.82, 2.24) is 19.8 Å². The Labute approximate surface area is 252 Å². The van der Waals surface area contributed by atoms with Crippen molar-refractivity contribution in [2.45, 2.75) is 114 Å². The van der Waals surface area contributed by atoms with Gasteiger partial charge in [0.05, 0.1) is 11.0 Å². The Balaban J connectivity index is 1.33. The summed E-state index contributed by atoms with van der Waals surface area (Å²) < 4.78 is 1.92. The van der Waals surface area contributed by atoms with Crippen molar-refractivity contribution in [2.75, 3.05) is 13.7 Å². The molecule has 1 aromatic heterocycles. The Kier molecular flexibility index (Phi) is 9.12. The Bertz CT molecular complexity index is 1390. The van der Waals surface area contributed by atoms with Crippen LogP contribution in [0, 0.1) is 11.8 Å². The Hall–Kier alpha value is -3.27. The van der Waals surface area contributed by atoms with Crippen molar-refractivity contribution in [3.05, 3.63) is 40.3 Å². The molecule has 0 radical (unpaired) electrons. The first-order valence-corrected chi connectivity index (χ1v) is 16.3. The molecular formula is C33H45N5O5. The monoisotopic (exact) mass is 591 g/mol.